The maximum absolute atomic E-state index is 11.1. The van der Waals surface area contributed by atoms with Crippen LogP contribution >= 0.6 is 0 Å². The second-order valence-corrected chi connectivity index (χ2v) is 12.8. The van der Waals surface area contributed by atoms with Crippen LogP contribution < -0.4 is 0 Å². The molecule has 6 rings (SSSR count). The first-order chi connectivity index (χ1) is 14.7. The van der Waals surface area contributed by atoms with Gasteiger partial charge >= 0.3 is 0 Å². The minimum absolute atomic E-state index is 0.155. The maximum atomic E-state index is 11.1. The predicted molar refractivity (Wildman–Crippen MR) is 119 cm³/mol. The Hall–Kier alpha value is -0.420. The molecule has 2 saturated heterocycles. The first-order valence-electron chi connectivity index (χ1n) is 13.1. The van der Waals surface area contributed by atoms with Crippen LogP contribution in [0.15, 0.2) is 11.6 Å². The molecule has 0 aromatic heterocycles. The van der Waals surface area contributed by atoms with Crippen molar-refractivity contribution in [3.05, 3.63) is 11.6 Å². The zero-order valence-corrected chi connectivity index (χ0v) is 19.8. The van der Waals surface area contributed by atoms with Crippen molar-refractivity contribution in [2.45, 2.75) is 103 Å². The Morgan fingerprint density at radius 2 is 1.84 bits per heavy atom. The van der Waals surface area contributed by atoms with Crippen LogP contribution in [0.3, 0.4) is 0 Å². The molecule has 2 heterocycles. The maximum Gasteiger partial charge on any atom is 0.171 e. The quantitative estimate of drug-likeness (QED) is 0.548. The van der Waals surface area contributed by atoms with Crippen molar-refractivity contribution in [2.24, 2.45) is 46.3 Å². The molecule has 6 aliphatic rings. The third-order valence-electron chi connectivity index (χ3n) is 11.4. The Bertz CT molecular complexity index is 769. The van der Waals surface area contributed by atoms with Crippen LogP contribution in [0, 0.1) is 46.3 Å². The average Bonchev–Trinajstić information content (AvgIpc) is 3.16. The third kappa shape index (κ3) is 2.68. The van der Waals surface area contributed by atoms with Crippen molar-refractivity contribution in [2.75, 3.05) is 6.61 Å². The molecule has 4 heteroatoms. The molecule has 0 aromatic rings. The van der Waals surface area contributed by atoms with Crippen LogP contribution in [0.2, 0.25) is 0 Å². The Morgan fingerprint density at radius 1 is 1.03 bits per heavy atom. The van der Waals surface area contributed by atoms with E-state index in [0.29, 0.717) is 53.4 Å². The molecule has 31 heavy (non-hydrogen) atoms. The monoisotopic (exact) mass is 430 g/mol. The fraction of sp³-hybridized carbons (Fsp3) is 0.926. The first kappa shape index (κ1) is 21.1. The number of allylic oxidation sites excluding steroid dienone is 1. The molecule has 1 spiro atoms. The van der Waals surface area contributed by atoms with E-state index < -0.39 is 6.10 Å². The van der Waals surface area contributed by atoms with Gasteiger partial charge in [0.1, 0.15) is 0 Å². The standard InChI is InChI=1S/C27H42O4/c1-15-7-10-27(30-14-15)16(2)24-22(31-27)13-21-19-6-5-17-11-18(28)12-23(29)26(17,4)20(19)8-9-25(21,24)3/h5,15-16,18-24,28-29H,6-14H2,1-4H3/t15-,16+,18-,19-,20-,21-,22+,23-,24+,25+,26+,27-/m1/s1. The third-order valence-corrected chi connectivity index (χ3v) is 11.4. The van der Waals surface area contributed by atoms with Gasteiger partial charge in [-0.3, -0.25) is 0 Å². The van der Waals surface area contributed by atoms with E-state index in [0.717, 1.165) is 32.3 Å². The number of aliphatic hydroxyl groups excluding tert-OH is 2. The molecule has 0 amide bonds. The topological polar surface area (TPSA) is 58.9 Å². The normalized spacial score (nSPS) is 60.7. The molecule has 2 aliphatic heterocycles. The Balaban J connectivity index is 1.29. The first-order valence-corrected chi connectivity index (χ1v) is 13.1. The van der Waals surface area contributed by atoms with Crippen LogP contribution in [-0.4, -0.2) is 40.9 Å². The van der Waals surface area contributed by atoms with Crippen molar-refractivity contribution in [3.63, 3.8) is 0 Å². The SMILES string of the molecule is C[C@@H]1CC[C@@]2(OC1)O[C@H]1C[C@@H]3[C@@H]4CC=C5C[C@@H](O)C[C@@H](O)[C@]5(C)[C@@H]4CC[C@]3(C)[C@H]1[C@@H]2C. The van der Waals surface area contributed by atoms with E-state index in [-0.39, 0.29) is 17.3 Å². The molecule has 0 aromatic carbocycles. The molecular weight excluding hydrogens is 388 g/mol. The van der Waals surface area contributed by atoms with E-state index in [1.54, 1.807) is 0 Å². The van der Waals surface area contributed by atoms with E-state index in [2.05, 4.69) is 33.8 Å². The number of aliphatic hydroxyl groups is 2. The van der Waals surface area contributed by atoms with Crippen molar-refractivity contribution in [3.8, 4) is 0 Å². The van der Waals surface area contributed by atoms with E-state index in [1.165, 1.54) is 24.8 Å². The summed E-state index contributed by atoms with van der Waals surface area (Å²) in [7, 11) is 0. The summed E-state index contributed by atoms with van der Waals surface area (Å²) in [4.78, 5) is 0. The van der Waals surface area contributed by atoms with E-state index in [1.807, 2.05) is 0 Å². The van der Waals surface area contributed by atoms with Crippen molar-refractivity contribution < 1.29 is 19.7 Å². The highest BCUT2D eigenvalue weighted by Crippen LogP contribution is 2.70. The summed E-state index contributed by atoms with van der Waals surface area (Å²) < 4.78 is 13.3. The van der Waals surface area contributed by atoms with Crippen molar-refractivity contribution in [1.29, 1.82) is 0 Å². The van der Waals surface area contributed by atoms with Crippen molar-refractivity contribution in [1.82, 2.24) is 0 Å². The smallest absolute Gasteiger partial charge is 0.171 e. The molecule has 4 nitrogen and oxygen atoms in total. The van der Waals surface area contributed by atoms with Gasteiger partial charge in [0.25, 0.3) is 0 Å². The van der Waals surface area contributed by atoms with Gasteiger partial charge in [0.15, 0.2) is 5.79 Å². The number of hydrogen-bond acceptors (Lipinski definition) is 4. The van der Waals surface area contributed by atoms with Crippen LogP contribution in [-0.2, 0) is 9.47 Å². The highest BCUT2D eigenvalue weighted by molar-refractivity contribution is 5.28. The largest absolute Gasteiger partial charge is 0.393 e. The lowest BCUT2D eigenvalue weighted by Gasteiger charge is -2.59. The summed E-state index contributed by atoms with van der Waals surface area (Å²) in [5, 5.41) is 21.4. The zero-order chi connectivity index (χ0) is 21.8. The fourth-order valence-corrected chi connectivity index (χ4v) is 9.72. The molecular formula is C27H42O4. The average molecular weight is 431 g/mol. The fourth-order valence-electron chi connectivity index (χ4n) is 9.72. The number of rotatable bonds is 0. The van der Waals surface area contributed by atoms with Gasteiger partial charge in [-0.05, 0) is 73.5 Å². The summed E-state index contributed by atoms with van der Waals surface area (Å²) in [5.74, 6) is 3.17. The van der Waals surface area contributed by atoms with Crippen LogP contribution in [0.4, 0.5) is 0 Å². The highest BCUT2D eigenvalue weighted by atomic mass is 16.7. The van der Waals surface area contributed by atoms with Crippen molar-refractivity contribution >= 4 is 0 Å². The molecule has 174 valence electrons. The second kappa shape index (κ2) is 6.81. The van der Waals surface area contributed by atoms with Crippen LogP contribution in [0.5, 0.6) is 0 Å². The van der Waals surface area contributed by atoms with E-state index in [4.69, 9.17) is 9.47 Å². The van der Waals surface area contributed by atoms with Gasteiger partial charge in [0, 0.05) is 24.2 Å². The minimum Gasteiger partial charge on any atom is -0.393 e. The van der Waals surface area contributed by atoms with Gasteiger partial charge in [-0.2, -0.15) is 0 Å². The summed E-state index contributed by atoms with van der Waals surface area (Å²) in [6.07, 6.45) is 10.2. The predicted octanol–water partition coefficient (Wildman–Crippen LogP) is 4.68. The molecule has 12 atom stereocenters. The Kier molecular flexibility index (Phi) is 4.64. The Labute approximate surface area is 187 Å². The Morgan fingerprint density at radius 3 is 2.58 bits per heavy atom. The van der Waals surface area contributed by atoms with Gasteiger partial charge in [-0.15, -0.1) is 0 Å². The van der Waals surface area contributed by atoms with Crippen LogP contribution in [0.25, 0.3) is 0 Å². The molecule has 3 saturated carbocycles. The highest BCUT2D eigenvalue weighted by Gasteiger charge is 2.69. The van der Waals surface area contributed by atoms with Crippen LogP contribution in [0.1, 0.15) is 79.1 Å². The minimum atomic E-state index is -0.420. The summed E-state index contributed by atoms with van der Waals surface area (Å²) in [6, 6.07) is 0. The molecule has 4 aliphatic carbocycles. The van der Waals surface area contributed by atoms with Gasteiger partial charge in [-0.1, -0.05) is 39.3 Å². The van der Waals surface area contributed by atoms with Gasteiger partial charge < -0.3 is 19.7 Å². The number of ether oxygens (including phenoxy) is 2. The molecule has 0 unspecified atom stereocenters. The van der Waals surface area contributed by atoms with E-state index in [9.17, 15) is 10.2 Å². The molecule has 0 bridgehead atoms. The zero-order valence-electron chi connectivity index (χ0n) is 19.8. The lowest BCUT2D eigenvalue weighted by atomic mass is 9.46. The second-order valence-electron chi connectivity index (χ2n) is 12.8. The number of fused-ring (bicyclic) bond motifs is 7. The number of hydrogen-bond donors (Lipinski definition) is 2. The molecule has 2 N–H and O–H groups in total. The molecule has 5 fully saturated rings. The van der Waals surface area contributed by atoms with Gasteiger partial charge in [0.2, 0.25) is 0 Å². The summed E-state index contributed by atoms with van der Waals surface area (Å²) >= 11 is 0. The summed E-state index contributed by atoms with van der Waals surface area (Å²) in [6.45, 7) is 10.4. The molecule has 0 radical (unpaired) electrons. The lowest BCUT2D eigenvalue weighted by molar-refractivity contribution is -0.272. The summed E-state index contributed by atoms with van der Waals surface area (Å²) in [5.41, 5.74) is 1.48. The lowest BCUT2D eigenvalue weighted by Crippen LogP contribution is -2.56. The van der Waals surface area contributed by atoms with Gasteiger partial charge in [-0.25, -0.2) is 0 Å². The van der Waals surface area contributed by atoms with Gasteiger partial charge in [0.05, 0.1) is 24.9 Å². The van der Waals surface area contributed by atoms with E-state index >= 15 is 0 Å².